The Morgan fingerprint density at radius 1 is 1.06 bits per heavy atom. The molecule has 2 aliphatic rings. The summed E-state index contributed by atoms with van der Waals surface area (Å²) >= 11 is 6.20. The number of nitrogens with one attached hydrogen (secondary N) is 1. The van der Waals surface area contributed by atoms with Gasteiger partial charge in [-0.3, -0.25) is 9.59 Å². The molecule has 1 N–H and O–H groups in total. The fourth-order valence-electron chi connectivity index (χ4n) is 5.26. The van der Waals surface area contributed by atoms with Crippen molar-refractivity contribution in [2.24, 2.45) is 0 Å². The second kappa shape index (κ2) is 10.2. The van der Waals surface area contributed by atoms with Gasteiger partial charge in [0.25, 0.3) is 11.8 Å². The summed E-state index contributed by atoms with van der Waals surface area (Å²) in [6, 6.07) is 16.5. The Morgan fingerprint density at radius 2 is 1.78 bits per heavy atom. The minimum absolute atomic E-state index is 0.00793. The SMILES string of the molecule is CN(C(=O)c1ccc2c(c1)[C@H](NC(=O)c1ccccc1Cl)CC2)C1CCN(c2cc[n+]([O-])cc2)CC1. The molecule has 1 fully saturated rings. The lowest BCUT2D eigenvalue weighted by molar-refractivity contribution is -0.605. The van der Waals surface area contributed by atoms with Gasteiger partial charge in [-0.25, -0.2) is 0 Å². The summed E-state index contributed by atoms with van der Waals surface area (Å²) in [6.45, 7) is 1.65. The predicted molar refractivity (Wildman–Crippen MR) is 139 cm³/mol. The zero-order chi connectivity index (χ0) is 25.2. The molecule has 2 amide bonds. The lowest BCUT2D eigenvalue weighted by Crippen LogP contribution is -2.45. The highest BCUT2D eigenvalue weighted by molar-refractivity contribution is 6.33. The molecule has 1 aliphatic carbocycles. The van der Waals surface area contributed by atoms with Gasteiger partial charge in [-0.15, -0.1) is 0 Å². The molecule has 1 aromatic heterocycles. The number of benzene rings is 2. The minimum Gasteiger partial charge on any atom is -0.619 e. The van der Waals surface area contributed by atoms with Crippen LogP contribution in [0.15, 0.2) is 67.0 Å². The molecule has 1 atom stereocenters. The van der Waals surface area contributed by atoms with Crippen LogP contribution in [0.4, 0.5) is 5.69 Å². The van der Waals surface area contributed by atoms with Gasteiger partial charge in [-0.1, -0.05) is 29.8 Å². The van der Waals surface area contributed by atoms with Crippen molar-refractivity contribution >= 4 is 29.1 Å². The first kappa shape index (κ1) is 24.1. The van der Waals surface area contributed by atoms with E-state index in [1.54, 1.807) is 24.3 Å². The van der Waals surface area contributed by atoms with E-state index in [2.05, 4.69) is 10.2 Å². The maximum Gasteiger partial charge on any atom is 0.253 e. The van der Waals surface area contributed by atoms with Gasteiger partial charge in [0, 0.05) is 49.6 Å². The molecular weight excluding hydrogens is 476 g/mol. The number of fused-ring (bicyclic) bond motifs is 1. The summed E-state index contributed by atoms with van der Waals surface area (Å²) < 4.78 is 0.784. The normalized spacial score (nSPS) is 17.5. The summed E-state index contributed by atoms with van der Waals surface area (Å²) in [5.41, 5.74) is 4.28. The van der Waals surface area contributed by atoms with E-state index in [-0.39, 0.29) is 23.9 Å². The number of carbonyl (C=O) groups is 2. The Bertz CT molecular complexity index is 1270. The Kier molecular flexibility index (Phi) is 6.83. The summed E-state index contributed by atoms with van der Waals surface area (Å²) in [6.07, 6.45) is 6.39. The van der Waals surface area contributed by atoms with E-state index in [4.69, 9.17) is 11.6 Å². The standard InChI is InChI=1S/C28H29ClN4O3/c1-31(21-10-14-32(15-11-21)22-12-16-33(36)17-13-22)28(35)20-7-6-19-8-9-26(24(19)18-20)30-27(34)23-4-2-3-5-25(23)29/h2-7,12-13,16-18,21,26H,8-11,14-15H2,1H3,(H,30,34)/t26-/m1/s1. The molecule has 0 unspecified atom stereocenters. The highest BCUT2D eigenvalue weighted by Crippen LogP contribution is 2.33. The van der Waals surface area contributed by atoms with E-state index in [1.165, 1.54) is 12.4 Å². The van der Waals surface area contributed by atoms with E-state index in [0.717, 1.165) is 60.3 Å². The Morgan fingerprint density at radius 3 is 2.50 bits per heavy atom. The van der Waals surface area contributed by atoms with Crippen LogP contribution >= 0.6 is 11.6 Å². The van der Waals surface area contributed by atoms with Gasteiger partial charge in [-0.05, 0) is 61.1 Å². The average molecular weight is 505 g/mol. The maximum absolute atomic E-state index is 13.4. The van der Waals surface area contributed by atoms with Crippen LogP contribution in [0, 0.1) is 5.21 Å². The Hall–Kier alpha value is -3.58. The Balaban J connectivity index is 1.24. The third-order valence-electron chi connectivity index (χ3n) is 7.38. The van der Waals surface area contributed by atoms with Gasteiger partial charge in [0.1, 0.15) is 0 Å². The third-order valence-corrected chi connectivity index (χ3v) is 7.71. The number of hydrogen-bond acceptors (Lipinski definition) is 4. The van der Waals surface area contributed by atoms with Crippen LogP contribution in [0.3, 0.4) is 0 Å². The van der Waals surface area contributed by atoms with Crippen molar-refractivity contribution in [2.75, 3.05) is 25.0 Å². The summed E-state index contributed by atoms with van der Waals surface area (Å²) in [4.78, 5) is 30.3. The van der Waals surface area contributed by atoms with Crippen LogP contribution in [0.2, 0.25) is 5.02 Å². The van der Waals surface area contributed by atoms with Crippen molar-refractivity contribution in [1.82, 2.24) is 10.2 Å². The number of aromatic nitrogens is 1. The highest BCUT2D eigenvalue weighted by Gasteiger charge is 2.29. The van der Waals surface area contributed by atoms with E-state index >= 15 is 0 Å². The van der Waals surface area contributed by atoms with E-state index in [0.29, 0.717) is 16.1 Å². The van der Waals surface area contributed by atoms with Crippen molar-refractivity contribution in [2.45, 2.75) is 37.8 Å². The molecule has 2 heterocycles. The molecule has 1 aliphatic heterocycles. The van der Waals surface area contributed by atoms with Crippen LogP contribution in [-0.4, -0.2) is 42.9 Å². The summed E-state index contributed by atoms with van der Waals surface area (Å²) in [5.74, 6) is -0.214. The summed E-state index contributed by atoms with van der Waals surface area (Å²) in [7, 11) is 1.87. The van der Waals surface area contributed by atoms with Crippen molar-refractivity contribution in [3.05, 3.63) is 99.5 Å². The molecule has 186 valence electrons. The number of nitrogens with zero attached hydrogens (tertiary/aromatic N) is 3. The number of pyridine rings is 1. The predicted octanol–water partition coefficient (Wildman–Crippen LogP) is 4.13. The fraction of sp³-hybridized carbons (Fsp3) is 0.321. The number of piperidine rings is 1. The number of hydrogen-bond donors (Lipinski definition) is 1. The molecule has 8 heteroatoms. The van der Waals surface area contributed by atoms with Crippen LogP contribution in [0.1, 0.15) is 57.1 Å². The number of carbonyl (C=O) groups excluding carboxylic acids is 2. The van der Waals surface area contributed by atoms with Gasteiger partial charge in [0.2, 0.25) is 0 Å². The maximum atomic E-state index is 13.4. The highest BCUT2D eigenvalue weighted by atomic mass is 35.5. The van der Waals surface area contributed by atoms with Gasteiger partial charge in [0.15, 0.2) is 12.4 Å². The van der Waals surface area contributed by atoms with Gasteiger partial charge in [0.05, 0.1) is 16.6 Å². The molecular formula is C28H29ClN4O3. The first-order valence-corrected chi connectivity index (χ1v) is 12.7. The van der Waals surface area contributed by atoms with Crippen LogP contribution in [-0.2, 0) is 6.42 Å². The molecule has 0 saturated carbocycles. The molecule has 0 spiro atoms. The average Bonchev–Trinajstić information content (AvgIpc) is 3.30. The minimum atomic E-state index is -0.206. The van der Waals surface area contributed by atoms with Crippen LogP contribution < -0.4 is 14.9 Å². The molecule has 5 rings (SSSR count). The summed E-state index contributed by atoms with van der Waals surface area (Å²) in [5, 5.41) is 14.8. The zero-order valence-electron chi connectivity index (χ0n) is 20.2. The number of halogens is 1. The van der Waals surface area contributed by atoms with Crippen molar-refractivity contribution in [1.29, 1.82) is 0 Å². The molecule has 36 heavy (non-hydrogen) atoms. The van der Waals surface area contributed by atoms with E-state index < -0.39 is 0 Å². The second-order valence-corrected chi connectivity index (χ2v) is 9.92. The van der Waals surface area contributed by atoms with Gasteiger partial charge in [-0.2, -0.15) is 4.73 Å². The zero-order valence-corrected chi connectivity index (χ0v) is 20.9. The monoisotopic (exact) mass is 504 g/mol. The first-order valence-electron chi connectivity index (χ1n) is 12.3. The van der Waals surface area contributed by atoms with E-state index in [9.17, 15) is 14.8 Å². The molecule has 3 aromatic rings. The topological polar surface area (TPSA) is 79.6 Å². The Labute approximate surface area is 215 Å². The third kappa shape index (κ3) is 4.88. The number of rotatable bonds is 5. The largest absolute Gasteiger partial charge is 0.619 e. The molecule has 2 aromatic carbocycles. The molecule has 1 saturated heterocycles. The van der Waals surface area contributed by atoms with Crippen molar-refractivity contribution in [3.63, 3.8) is 0 Å². The lowest BCUT2D eigenvalue weighted by Gasteiger charge is -2.37. The molecule has 0 radical (unpaired) electrons. The van der Waals surface area contributed by atoms with Crippen molar-refractivity contribution in [3.8, 4) is 0 Å². The van der Waals surface area contributed by atoms with Crippen LogP contribution in [0.5, 0.6) is 0 Å². The second-order valence-electron chi connectivity index (χ2n) is 9.51. The van der Waals surface area contributed by atoms with Crippen LogP contribution in [0.25, 0.3) is 0 Å². The van der Waals surface area contributed by atoms with Gasteiger partial charge >= 0.3 is 0 Å². The first-order chi connectivity index (χ1) is 17.4. The fourth-order valence-corrected chi connectivity index (χ4v) is 5.48. The number of amides is 2. The molecule has 7 nitrogen and oxygen atoms in total. The number of anilines is 1. The van der Waals surface area contributed by atoms with E-state index in [1.807, 2.05) is 42.3 Å². The molecule has 0 bridgehead atoms. The van der Waals surface area contributed by atoms with Crippen molar-refractivity contribution < 1.29 is 14.3 Å². The van der Waals surface area contributed by atoms with Gasteiger partial charge < -0.3 is 20.3 Å². The number of aryl methyl sites for hydroxylation is 1. The quantitative estimate of drug-likeness (QED) is 0.418. The smallest absolute Gasteiger partial charge is 0.253 e. The lowest BCUT2D eigenvalue weighted by atomic mass is 10.00.